The van der Waals surface area contributed by atoms with Gasteiger partial charge in [0.1, 0.15) is 5.60 Å². The summed E-state index contributed by atoms with van der Waals surface area (Å²) in [6.07, 6.45) is 0.266. The van der Waals surface area contributed by atoms with E-state index < -0.39 is 5.60 Å². The summed E-state index contributed by atoms with van der Waals surface area (Å²) in [5.74, 6) is 0.292. The predicted octanol–water partition coefficient (Wildman–Crippen LogP) is 1.07. The van der Waals surface area contributed by atoms with Gasteiger partial charge in [-0.15, -0.1) is 0 Å². The van der Waals surface area contributed by atoms with E-state index in [0.29, 0.717) is 19.0 Å². The second kappa shape index (κ2) is 8.63. The van der Waals surface area contributed by atoms with Gasteiger partial charge in [-0.25, -0.2) is 4.99 Å². The Hall–Kier alpha value is -1.60. The molecule has 0 aliphatic heterocycles. The molecular formula is C14H23N3O3S. The van der Waals surface area contributed by atoms with E-state index in [1.165, 1.54) is 18.4 Å². The number of nitrogens with one attached hydrogen (secondary N) is 2. The molecule has 6 nitrogen and oxygen atoms in total. The third kappa shape index (κ3) is 6.14. The minimum Gasteiger partial charge on any atom is -0.469 e. The number of methoxy groups -OCH3 is 1. The maximum absolute atomic E-state index is 11.1. The van der Waals surface area contributed by atoms with Crippen molar-refractivity contribution in [3.05, 3.63) is 22.4 Å². The molecule has 1 heterocycles. The molecule has 0 saturated carbocycles. The van der Waals surface area contributed by atoms with Gasteiger partial charge < -0.3 is 20.5 Å². The van der Waals surface area contributed by atoms with Gasteiger partial charge in [0.05, 0.1) is 20.1 Å². The number of esters is 1. The molecule has 1 rings (SSSR count). The lowest BCUT2D eigenvalue weighted by Crippen LogP contribution is -2.39. The van der Waals surface area contributed by atoms with Crippen LogP contribution in [0.5, 0.6) is 0 Å². The Kier molecular flexibility index (Phi) is 7.18. The number of hydrogen-bond acceptors (Lipinski definition) is 5. The van der Waals surface area contributed by atoms with E-state index in [2.05, 4.69) is 20.4 Å². The molecule has 0 aliphatic rings. The van der Waals surface area contributed by atoms with Crippen LogP contribution < -0.4 is 10.6 Å². The maximum Gasteiger partial charge on any atom is 0.307 e. The van der Waals surface area contributed by atoms with Gasteiger partial charge in [-0.05, 0) is 36.2 Å². The molecule has 0 fully saturated rings. The van der Waals surface area contributed by atoms with E-state index >= 15 is 0 Å². The number of carbonyl (C=O) groups excluding carboxylic acids is 1. The quantitative estimate of drug-likeness (QED) is 0.398. The number of hydrogen-bond donors (Lipinski definition) is 3. The van der Waals surface area contributed by atoms with Crippen molar-refractivity contribution >= 4 is 23.3 Å². The van der Waals surface area contributed by atoms with Crippen LogP contribution in [0.2, 0.25) is 0 Å². The number of carbonyl (C=O) groups is 1. The molecule has 21 heavy (non-hydrogen) atoms. The number of aliphatic imine (C=N–C) groups is 1. The minimum absolute atomic E-state index is 0.233. The topological polar surface area (TPSA) is 83.0 Å². The number of rotatable bonds is 7. The van der Waals surface area contributed by atoms with Gasteiger partial charge in [-0.3, -0.25) is 4.79 Å². The summed E-state index contributed by atoms with van der Waals surface area (Å²) < 4.78 is 4.58. The predicted molar refractivity (Wildman–Crippen MR) is 84.5 cm³/mol. The Morgan fingerprint density at radius 2 is 2.29 bits per heavy atom. The summed E-state index contributed by atoms with van der Waals surface area (Å²) in [6, 6.07) is 1.89. The van der Waals surface area contributed by atoms with Gasteiger partial charge in [0.15, 0.2) is 5.96 Å². The zero-order valence-electron chi connectivity index (χ0n) is 12.7. The van der Waals surface area contributed by atoms with Crippen LogP contribution in [0.1, 0.15) is 25.8 Å². The Labute approximate surface area is 129 Å². The Balaban J connectivity index is 2.56. The van der Waals surface area contributed by atoms with Crippen molar-refractivity contribution in [2.75, 3.05) is 26.7 Å². The van der Waals surface area contributed by atoms with Gasteiger partial charge in [0.2, 0.25) is 0 Å². The molecule has 0 saturated heterocycles. The minimum atomic E-state index is -1.01. The van der Waals surface area contributed by atoms with Gasteiger partial charge in [0.25, 0.3) is 0 Å². The van der Waals surface area contributed by atoms with Crippen molar-refractivity contribution in [3.63, 3.8) is 0 Å². The van der Waals surface area contributed by atoms with E-state index in [1.54, 1.807) is 6.92 Å². The van der Waals surface area contributed by atoms with Crippen LogP contribution in [0.25, 0.3) is 0 Å². The van der Waals surface area contributed by atoms with E-state index in [4.69, 9.17) is 0 Å². The van der Waals surface area contributed by atoms with Gasteiger partial charge in [-0.2, -0.15) is 11.3 Å². The summed E-state index contributed by atoms with van der Waals surface area (Å²) in [6.45, 7) is 5.05. The van der Waals surface area contributed by atoms with E-state index in [-0.39, 0.29) is 18.9 Å². The summed E-state index contributed by atoms with van der Waals surface area (Å²) in [5.41, 5.74) is -0.160. The lowest BCUT2D eigenvalue weighted by atomic mass is 10.00. The monoisotopic (exact) mass is 313 g/mol. The highest BCUT2D eigenvalue weighted by molar-refractivity contribution is 7.08. The first-order valence-corrected chi connectivity index (χ1v) is 7.78. The molecule has 0 aliphatic carbocycles. The highest BCUT2D eigenvalue weighted by atomic mass is 32.1. The first-order valence-electron chi connectivity index (χ1n) is 6.83. The fraction of sp³-hybridized carbons (Fsp3) is 0.571. The molecule has 1 aromatic heterocycles. The number of aliphatic hydroxyl groups is 1. The first-order chi connectivity index (χ1) is 9.99. The van der Waals surface area contributed by atoms with Crippen LogP contribution >= 0.6 is 11.3 Å². The lowest BCUT2D eigenvalue weighted by molar-refractivity contribution is -0.140. The summed E-state index contributed by atoms with van der Waals surface area (Å²) >= 11 is 1.54. The third-order valence-electron chi connectivity index (χ3n) is 2.88. The molecule has 1 unspecified atom stereocenters. The number of nitrogens with zero attached hydrogens (tertiary/aromatic N) is 1. The average molecular weight is 313 g/mol. The van der Waals surface area contributed by atoms with Crippen molar-refractivity contribution in [3.8, 4) is 0 Å². The molecule has 0 bridgehead atoms. The fourth-order valence-corrected chi connectivity index (χ4v) is 2.40. The van der Waals surface area contributed by atoms with E-state index in [1.807, 2.05) is 23.8 Å². The van der Waals surface area contributed by atoms with Crippen molar-refractivity contribution in [2.24, 2.45) is 4.99 Å². The standard InChI is InChI=1S/C14H23N3O3S/c1-4-15-13(16-7-5-12(18)20-3)17-10-14(2,19)11-6-8-21-9-11/h6,8-9,19H,4-5,7,10H2,1-3H3,(H2,15,16,17). The van der Waals surface area contributed by atoms with Gasteiger partial charge >= 0.3 is 5.97 Å². The summed E-state index contributed by atoms with van der Waals surface area (Å²) in [7, 11) is 1.36. The normalized spacial score (nSPS) is 14.4. The number of guanidine groups is 1. The van der Waals surface area contributed by atoms with Gasteiger partial charge in [0, 0.05) is 13.1 Å². The van der Waals surface area contributed by atoms with Crippen molar-refractivity contribution in [2.45, 2.75) is 25.9 Å². The van der Waals surface area contributed by atoms with Crippen LogP contribution in [-0.4, -0.2) is 43.8 Å². The highest BCUT2D eigenvalue weighted by Crippen LogP contribution is 2.23. The third-order valence-corrected chi connectivity index (χ3v) is 3.56. The molecule has 0 amide bonds. The van der Waals surface area contributed by atoms with E-state index in [9.17, 15) is 9.90 Å². The molecule has 118 valence electrons. The Morgan fingerprint density at radius 3 is 2.86 bits per heavy atom. The van der Waals surface area contributed by atoms with Crippen molar-refractivity contribution in [1.29, 1.82) is 0 Å². The molecule has 7 heteroatoms. The summed E-state index contributed by atoms with van der Waals surface area (Å²) in [5, 5.41) is 20.4. The van der Waals surface area contributed by atoms with Crippen LogP contribution in [0.3, 0.4) is 0 Å². The van der Waals surface area contributed by atoms with Crippen LogP contribution in [-0.2, 0) is 15.1 Å². The smallest absolute Gasteiger partial charge is 0.307 e. The van der Waals surface area contributed by atoms with Crippen LogP contribution in [0.4, 0.5) is 0 Å². The zero-order valence-corrected chi connectivity index (χ0v) is 13.5. The largest absolute Gasteiger partial charge is 0.469 e. The molecular weight excluding hydrogens is 290 g/mol. The maximum atomic E-state index is 11.1. The zero-order chi connectivity index (χ0) is 15.7. The van der Waals surface area contributed by atoms with Gasteiger partial charge in [-0.1, -0.05) is 0 Å². The molecule has 1 atom stereocenters. The first kappa shape index (κ1) is 17.5. The second-order valence-electron chi connectivity index (χ2n) is 4.73. The summed E-state index contributed by atoms with van der Waals surface area (Å²) in [4.78, 5) is 15.4. The SMILES string of the molecule is CCNC(=NCC(C)(O)c1ccsc1)NCCC(=O)OC. The number of thiophene rings is 1. The average Bonchev–Trinajstić information content (AvgIpc) is 2.99. The fourth-order valence-electron chi connectivity index (χ4n) is 1.62. The Bertz CT molecular complexity index is 458. The molecule has 0 radical (unpaired) electrons. The lowest BCUT2D eigenvalue weighted by Gasteiger charge is -2.21. The molecule has 0 spiro atoms. The van der Waals surface area contributed by atoms with Crippen molar-refractivity contribution in [1.82, 2.24) is 10.6 Å². The molecule has 0 aromatic carbocycles. The Morgan fingerprint density at radius 1 is 1.52 bits per heavy atom. The van der Waals surface area contributed by atoms with Crippen molar-refractivity contribution < 1.29 is 14.6 Å². The van der Waals surface area contributed by atoms with Crippen LogP contribution in [0, 0.1) is 0 Å². The molecule has 3 N–H and O–H groups in total. The highest BCUT2D eigenvalue weighted by Gasteiger charge is 2.23. The molecule has 1 aromatic rings. The number of ether oxygens (including phenoxy) is 1. The van der Waals surface area contributed by atoms with Crippen LogP contribution in [0.15, 0.2) is 21.8 Å². The van der Waals surface area contributed by atoms with E-state index in [0.717, 1.165) is 5.56 Å². The second-order valence-corrected chi connectivity index (χ2v) is 5.51.